The van der Waals surface area contributed by atoms with Crippen LogP contribution in [-0.2, 0) is 4.79 Å². The lowest BCUT2D eigenvalue weighted by molar-refractivity contribution is -0.139. The molecule has 0 aromatic heterocycles. The van der Waals surface area contributed by atoms with Gasteiger partial charge in [-0.2, -0.15) is 11.8 Å². The molecule has 1 atom stereocenters. The molecule has 1 aromatic rings. The van der Waals surface area contributed by atoms with Crippen LogP contribution >= 0.6 is 23.4 Å². The van der Waals surface area contributed by atoms with Crippen molar-refractivity contribution in [3.05, 3.63) is 28.8 Å². The Balaban J connectivity index is 2.86. The first kappa shape index (κ1) is 16.7. The lowest BCUT2D eigenvalue weighted by Crippen LogP contribution is -2.41. The number of halogens is 1. The van der Waals surface area contributed by atoms with Crippen molar-refractivity contribution in [1.29, 1.82) is 0 Å². The summed E-state index contributed by atoms with van der Waals surface area (Å²) in [5, 5.41) is 12.0. The van der Waals surface area contributed by atoms with E-state index < -0.39 is 17.9 Å². The molecule has 0 aliphatic rings. The molecule has 1 rings (SSSR count). The monoisotopic (exact) mass is 317 g/mol. The minimum absolute atomic E-state index is 0.257. The number of rotatable bonds is 7. The van der Waals surface area contributed by atoms with E-state index in [4.69, 9.17) is 21.4 Å². The summed E-state index contributed by atoms with van der Waals surface area (Å²) in [7, 11) is 1.42. The number of carboxylic acid groups (broad SMARTS) is 1. The Morgan fingerprint density at radius 3 is 2.75 bits per heavy atom. The molecule has 2 N–H and O–H groups in total. The van der Waals surface area contributed by atoms with Gasteiger partial charge in [0.15, 0.2) is 0 Å². The fourth-order valence-corrected chi connectivity index (χ4v) is 2.22. The first-order valence-corrected chi connectivity index (χ1v) is 7.63. The van der Waals surface area contributed by atoms with Crippen LogP contribution in [0.3, 0.4) is 0 Å². The second-order valence-corrected chi connectivity index (χ2v) is 5.41. The van der Waals surface area contributed by atoms with E-state index in [1.165, 1.54) is 31.0 Å². The number of carbonyl (C=O) groups excluding carboxylic acids is 1. The summed E-state index contributed by atoms with van der Waals surface area (Å²) in [6.45, 7) is 0. The van der Waals surface area contributed by atoms with E-state index in [1.54, 1.807) is 6.07 Å². The summed E-state index contributed by atoms with van der Waals surface area (Å²) in [4.78, 5) is 23.2. The number of hydrogen-bond donors (Lipinski definition) is 2. The predicted molar refractivity (Wildman–Crippen MR) is 79.9 cm³/mol. The number of ether oxygens (including phenoxy) is 1. The average Bonchev–Trinajstić information content (AvgIpc) is 2.42. The number of carbonyl (C=O) groups is 2. The highest BCUT2D eigenvalue weighted by atomic mass is 35.5. The van der Waals surface area contributed by atoms with Crippen LogP contribution in [0.1, 0.15) is 16.8 Å². The summed E-state index contributed by atoms with van der Waals surface area (Å²) in [5.41, 5.74) is 0.257. The Morgan fingerprint density at radius 1 is 1.50 bits per heavy atom. The predicted octanol–water partition coefficient (Wildman–Crippen LogP) is 2.28. The number of hydrogen-bond acceptors (Lipinski definition) is 4. The van der Waals surface area contributed by atoms with E-state index in [-0.39, 0.29) is 5.56 Å². The fourth-order valence-electron chi connectivity index (χ4n) is 1.58. The van der Waals surface area contributed by atoms with Gasteiger partial charge in [0.1, 0.15) is 11.8 Å². The molecule has 0 heterocycles. The van der Waals surface area contributed by atoms with Crippen LogP contribution in [0.25, 0.3) is 0 Å². The van der Waals surface area contributed by atoms with Crippen LogP contribution in [0, 0.1) is 0 Å². The van der Waals surface area contributed by atoms with Crippen LogP contribution < -0.4 is 10.1 Å². The molecular weight excluding hydrogens is 302 g/mol. The van der Waals surface area contributed by atoms with Crippen molar-refractivity contribution in [2.45, 2.75) is 12.5 Å². The van der Waals surface area contributed by atoms with Crippen LogP contribution in [-0.4, -0.2) is 42.1 Å². The summed E-state index contributed by atoms with van der Waals surface area (Å²) in [6, 6.07) is 3.64. The molecule has 0 radical (unpaired) electrons. The molecule has 1 amide bonds. The molecule has 0 saturated heterocycles. The van der Waals surface area contributed by atoms with E-state index in [2.05, 4.69) is 5.32 Å². The molecule has 0 spiro atoms. The highest BCUT2D eigenvalue weighted by Crippen LogP contribution is 2.23. The lowest BCUT2D eigenvalue weighted by atomic mass is 10.1. The fraction of sp³-hybridized carbons (Fsp3) is 0.385. The molecule has 5 nitrogen and oxygen atoms in total. The molecule has 0 unspecified atom stereocenters. The summed E-state index contributed by atoms with van der Waals surface area (Å²) in [6.07, 6.45) is 2.24. The maximum Gasteiger partial charge on any atom is 0.326 e. The lowest BCUT2D eigenvalue weighted by Gasteiger charge is -2.15. The molecule has 0 aliphatic heterocycles. The van der Waals surface area contributed by atoms with Gasteiger partial charge in [-0.05, 0) is 36.6 Å². The first-order chi connectivity index (χ1) is 9.49. The Kier molecular flexibility index (Phi) is 6.67. The van der Waals surface area contributed by atoms with Gasteiger partial charge < -0.3 is 15.2 Å². The highest BCUT2D eigenvalue weighted by molar-refractivity contribution is 7.98. The van der Waals surface area contributed by atoms with Gasteiger partial charge in [-0.15, -0.1) is 0 Å². The first-order valence-electron chi connectivity index (χ1n) is 5.85. The Labute approximate surface area is 126 Å². The zero-order valence-electron chi connectivity index (χ0n) is 11.2. The number of nitrogens with one attached hydrogen (secondary N) is 1. The molecule has 20 heavy (non-hydrogen) atoms. The van der Waals surface area contributed by atoms with Crippen molar-refractivity contribution < 1.29 is 19.4 Å². The summed E-state index contributed by atoms with van der Waals surface area (Å²) in [5.74, 6) is -0.592. The van der Waals surface area contributed by atoms with Gasteiger partial charge in [0, 0.05) is 5.02 Å². The van der Waals surface area contributed by atoms with Gasteiger partial charge in [-0.3, -0.25) is 4.79 Å². The van der Waals surface area contributed by atoms with Gasteiger partial charge >= 0.3 is 5.97 Å². The third-order valence-corrected chi connectivity index (χ3v) is 3.50. The minimum atomic E-state index is -1.06. The number of methoxy groups -OCH3 is 1. The second kappa shape index (κ2) is 8.01. The average molecular weight is 318 g/mol. The molecule has 0 fully saturated rings. The van der Waals surface area contributed by atoms with Crippen LogP contribution in [0.4, 0.5) is 0 Å². The number of amides is 1. The largest absolute Gasteiger partial charge is 0.496 e. The van der Waals surface area contributed by atoms with Gasteiger partial charge in [-0.25, -0.2) is 4.79 Å². The zero-order chi connectivity index (χ0) is 15.1. The molecule has 7 heteroatoms. The van der Waals surface area contributed by atoms with E-state index in [0.29, 0.717) is 22.9 Å². The van der Waals surface area contributed by atoms with Crippen molar-refractivity contribution in [3.63, 3.8) is 0 Å². The third-order valence-electron chi connectivity index (χ3n) is 2.62. The Hall–Kier alpha value is -1.40. The SMILES string of the molecule is COc1cc(Cl)ccc1C(=O)N[C@H](CCSC)C(=O)O. The molecule has 0 saturated carbocycles. The van der Waals surface area contributed by atoms with Crippen molar-refractivity contribution in [2.75, 3.05) is 19.1 Å². The Bertz CT molecular complexity index is 495. The van der Waals surface area contributed by atoms with E-state index in [9.17, 15) is 9.59 Å². The van der Waals surface area contributed by atoms with Gasteiger partial charge in [-0.1, -0.05) is 11.6 Å². The third kappa shape index (κ3) is 4.61. The quantitative estimate of drug-likeness (QED) is 0.807. The normalized spacial score (nSPS) is 11.8. The Morgan fingerprint density at radius 2 is 2.20 bits per heavy atom. The van der Waals surface area contributed by atoms with E-state index in [1.807, 2.05) is 6.26 Å². The van der Waals surface area contributed by atoms with Crippen LogP contribution in [0.5, 0.6) is 5.75 Å². The van der Waals surface area contributed by atoms with Crippen LogP contribution in [0.2, 0.25) is 5.02 Å². The number of benzene rings is 1. The second-order valence-electron chi connectivity index (χ2n) is 3.99. The highest BCUT2D eigenvalue weighted by Gasteiger charge is 2.22. The molecular formula is C13H16ClNO4S. The molecule has 0 aliphatic carbocycles. The maximum absolute atomic E-state index is 12.1. The number of thioether (sulfide) groups is 1. The van der Waals surface area contributed by atoms with Crippen molar-refractivity contribution in [3.8, 4) is 5.75 Å². The number of aliphatic carboxylic acids is 1. The van der Waals surface area contributed by atoms with Crippen molar-refractivity contribution in [1.82, 2.24) is 5.32 Å². The number of carboxylic acids is 1. The summed E-state index contributed by atoms with van der Waals surface area (Å²) >= 11 is 7.34. The minimum Gasteiger partial charge on any atom is -0.496 e. The molecule has 0 bridgehead atoms. The molecule has 1 aromatic carbocycles. The van der Waals surface area contributed by atoms with Crippen molar-refractivity contribution in [2.24, 2.45) is 0 Å². The van der Waals surface area contributed by atoms with Gasteiger partial charge in [0.05, 0.1) is 12.7 Å². The van der Waals surface area contributed by atoms with Gasteiger partial charge in [0.2, 0.25) is 0 Å². The molecule has 110 valence electrons. The maximum atomic E-state index is 12.1. The van der Waals surface area contributed by atoms with Crippen LogP contribution in [0.15, 0.2) is 18.2 Å². The zero-order valence-corrected chi connectivity index (χ0v) is 12.8. The van der Waals surface area contributed by atoms with E-state index in [0.717, 1.165) is 0 Å². The standard InChI is InChI=1S/C13H16ClNO4S/c1-19-11-7-8(14)3-4-9(11)12(16)15-10(13(17)18)5-6-20-2/h3-4,7,10H,5-6H2,1-2H3,(H,15,16)(H,17,18)/t10-/m1/s1. The van der Waals surface area contributed by atoms with E-state index >= 15 is 0 Å². The van der Waals surface area contributed by atoms with Gasteiger partial charge in [0.25, 0.3) is 5.91 Å². The smallest absolute Gasteiger partial charge is 0.326 e. The summed E-state index contributed by atoms with van der Waals surface area (Å²) < 4.78 is 5.07. The van der Waals surface area contributed by atoms with Crippen molar-refractivity contribution >= 4 is 35.2 Å². The topological polar surface area (TPSA) is 75.6 Å².